The fourth-order valence-corrected chi connectivity index (χ4v) is 9.11. The van der Waals surface area contributed by atoms with Gasteiger partial charge < -0.3 is 0 Å². The minimum absolute atomic E-state index is 0.591. The van der Waals surface area contributed by atoms with Crippen molar-refractivity contribution in [2.45, 2.75) is 0 Å². The van der Waals surface area contributed by atoms with E-state index in [0.717, 1.165) is 44.1 Å². The summed E-state index contributed by atoms with van der Waals surface area (Å²) in [5.41, 5.74) is 8.68. The van der Waals surface area contributed by atoms with E-state index in [9.17, 15) is 0 Å². The molecular weight excluding hydrogens is 717 g/mol. The van der Waals surface area contributed by atoms with Crippen LogP contribution in [0, 0.1) is 0 Å². The van der Waals surface area contributed by atoms with Crippen LogP contribution in [-0.4, -0.2) is 19.5 Å². The fraction of sp³-hybridized carbons (Fsp3) is 0. The van der Waals surface area contributed by atoms with Crippen molar-refractivity contribution in [2.24, 2.45) is 0 Å². The summed E-state index contributed by atoms with van der Waals surface area (Å²) in [4.78, 5) is 15.3. The van der Waals surface area contributed by atoms with Gasteiger partial charge in [0, 0.05) is 21.9 Å². The molecule has 12 rings (SSSR count). The highest BCUT2D eigenvalue weighted by Crippen LogP contribution is 2.43. The Kier molecular flexibility index (Phi) is 7.50. The first kappa shape index (κ1) is 33.2. The first-order valence-electron chi connectivity index (χ1n) is 20.0. The molecule has 4 heteroatoms. The molecule has 0 saturated carbocycles. The molecular formula is C55H34N4. The van der Waals surface area contributed by atoms with Crippen LogP contribution < -0.4 is 0 Å². The molecule has 0 aliphatic carbocycles. The lowest BCUT2D eigenvalue weighted by Gasteiger charge is -2.16. The molecule has 0 saturated heterocycles. The first-order chi connectivity index (χ1) is 29.3. The van der Waals surface area contributed by atoms with E-state index in [1.807, 2.05) is 30.3 Å². The number of para-hydroxylation sites is 2. The third kappa shape index (κ3) is 5.34. The van der Waals surface area contributed by atoms with Crippen molar-refractivity contribution < 1.29 is 0 Å². The van der Waals surface area contributed by atoms with Gasteiger partial charge in [0.25, 0.3) is 0 Å². The predicted molar refractivity (Wildman–Crippen MR) is 246 cm³/mol. The van der Waals surface area contributed by atoms with Crippen molar-refractivity contribution in [3.05, 3.63) is 206 Å². The van der Waals surface area contributed by atoms with Crippen molar-refractivity contribution in [3.63, 3.8) is 0 Å². The van der Waals surface area contributed by atoms with Crippen LogP contribution in [0.1, 0.15) is 0 Å². The van der Waals surface area contributed by atoms with Crippen molar-refractivity contribution in [3.8, 4) is 51.0 Å². The molecule has 0 spiro atoms. The lowest BCUT2D eigenvalue weighted by atomic mass is 9.87. The van der Waals surface area contributed by atoms with Crippen LogP contribution >= 0.6 is 0 Å². The van der Waals surface area contributed by atoms with E-state index >= 15 is 0 Å². The molecule has 0 radical (unpaired) electrons. The van der Waals surface area contributed by atoms with Gasteiger partial charge in [0.15, 0.2) is 11.6 Å². The fourth-order valence-electron chi connectivity index (χ4n) is 9.11. The first-order valence-corrected chi connectivity index (χ1v) is 20.0. The van der Waals surface area contributed by atoms with Gasteiger partial charge in [-0.25, -0.2) is 4.98 Å². The van der Waals surface area contributed by atoms with E-state index in [2.05, 4.69) is 180 Å². The van der Waals surface area contributed by atoms with Gasteiger partial charge in [0.05, 0.1) is 11.0 Å². The monoisotopic (exact) mass is 750 g/mol. The Morgan fingerprint density at radius 2 is 0.661 bits per heavy atom. The minimum Gasteiger partial charge on any atom is -0.278 e. The molecule has 0 bridgehead atoms. The Bertz CT molecular complexity index is 3530. The SMILES string of the molecule is c1ccc(-c2nc(-c3ccc(-c4ccc(-c5cc6c7ccccc7c7ccccc7c6c6ccccc56)cc4)cc3)nc(-n3c4ccccc4c4ccccc43)n2)cc1. The maximum Gasteiger partial charge on any atom is 0.238 e. The second-order valence-corrected chi connectivity index (χ2v) is 15.2. The standard InChI is InChI=1S/C55H34N4/c1-2-14-38(15-3-1)53-56-54(58-55(57-53)59-50-24-12-10-20-44(50)45-21-11-13-25-51(45)59)39-32-28-36(29-33-39)35-26-30-37(31-27-35)48-34-49-42-18-5-4-16-40(42)41-17-6-8-22-46(41)52(49)47-23-9-7-19-43(47)48/h1-34H. The Labute approximate surface area is 340 Å². The summed E-state index contributed by atoms with van der Waals surface area (Å²) in [5.74, 6) is 1.85. The van der Waals surface area contributed by atoms with E-state index in [1.165, 1.54) is 54.2 Å². The maximum absolute atomic E-state index is 5.14. The molecule has 0 unspecified atom stereocenters. The number of nitrogens with zero attached hydrogens (tertiary/aromatic N) is 4. The van der Waals surface area contributed by atoms with Gasteiger partial charge in [-0.3, -0.25) is 4.57 Å². The lowest BCUT2D eigenvalue weighted by molar-refractivity contribution is 0.953. The number of benzene rings is 10. The van der Waals surface area contributed by atoms with Gasteiger partial charge in [0.1, 0.15) is 0 Å². The molecule has 0 amide bonds. The second kappa shape index (κ2) is 13.3. The topological polar surface area (TPSA) is 43.6 Å². The Morgan fingerprint density at radius 1 is 0.271 bits per heavy atom. The summed E-state index contributed by atoms with van der Waals surface area (Å²) in [6.45, 7) is 0. The molecule has 2 heterocycles. The summed E-state index contributed by atoms with van der Waals surface area (Å²) >= 11 is 0. The van der Waals surface area contributed by atoms with E-state index in [-0.39, 0.29) is 0 Å². The normalized spacial score (nSPS) is 11.7. The maximum atomic E-state index is 5.14. The Morgan fingerprint density at radius 3 is 1.24 bits per heavy atom. The summed E-state index contributed by atoms with van der Waals surface area (Å²) in [7, 11) is 0. The lowest BCUT2D eigenvalue weighted by Crippen LogP contribution is -2.06. The zero-order chi connectivity index (χ0) is 38.9. The Balaban J connectivity index is 0.947. The molecule has 0 atom stereocenters. The van der Waals surface area contributed by atoms with Crippen LogP contribution in [0.25, 0.3) is 116 Å². The van der Waals surface area contributed by atoms with E-state index in [4.69, 9.17) is 15.0 Å². The molecule has 0 aliphatic rings. The molecule has 2 aromatic heterocycles. The van der Waals surface area contributed by atoms with Crippen molar-refractivity contribution >= 4 is 64.9 Å². The molecule has 4 nitrogen and oxygen atoms in total. The number of fused-ring (bicyclic) bond motifs is 11. The predicted octanol–water partition coefficient (Wildman–Crippen LogP) is 14.2. The number of aromatic nitrogens is 4. The number of rotatable bonds is 5. The van der Waals surface area contributed by atoms with E-state index in [1.54, 1.807) is 0 Å². The van der Waals surface area contributed by atoms with Crippen LogP contribution in [0.5, 0.6) is 0 Å². The Hall–Kier alpha value is -7.95. The van der Waals surface area contributed by atoms with E-state index in [0.29, 0.717) is 17.6 Å². The molecule has 0 N–H and O–H groups in total. The van der Waals surface area contributed by atoms with Gasteiger partial charge in [-0.15, -0.1) is 0 Å². The molecule has 12 aromatic rings. The van der Waals surface area contributed by atoms with Crippen molar-refractivity contribution in [2.75, 3.05) is 0 Å². The molecule has 10 aromatic carbocycles. The van der Waals surface area contributed by atoms with E-state index < -0.39 is 0 Å². The van der Waals surface area contributed by atoms with Crippen LogP contribution in [0.3, 0.4) is 0 Å². The summed E-state index contributed by atoms with van der Waals surface area (Å²) < 4.78 is 2.15. The van der Waals surface area contributed by atoms with Crippen LogP contribution in [0.4, 0.5) is 0 Å². The van der Waals surface area contributed by atoms with Gasteiger partial charge in [-0.1, -0.05) is 188 Å². The summed E-state index contributed by atoms with van der Waals surface area (Å²) in [6, 6.07) is 73.5. The van der Waals surface area contributed by atoms with Crippen molar-refractivity contribution in [1.82, 2.24) is 19.5 Å². The third-order valence-electron chi connectivity index (χ3n) is 11.9. The number of hydrogen-bond donors (Lipinski definition) is 0. The quantitative estimate of drug-likeness (QED) is 0.165. The number of hydrogen-bond acceptors (Lipinski definition) is 3. The van der Waals surface area contributed by atoms with Gasteiger partial charge in [0.2, 0.25) is 5.95 Å². The second-order valence-electron chi connectivity index (χ2n) is 15.2. The van der Waals surface area contributed by atoms with Crippen LogP contribution in [0.15, 0.2) is 206 Å². The smallest absolute Gasteiger partial charge is 0.238 e. The highest BCUT2D eigenvalue weighted by atomic mass is 15.2. The largest absolute Gasteiger partial charge is 0.278 e. The van der Waals surface area contributed by atoms with Gasteiger partial charge in [-0.05, 0) is 83.5 Å². The van der Waals surface area contributed by atoms with Crippen LogP contribution in [0.2, 0.25) is 0 Å². The zero-order valence-electron chi connectivity index (χ0n) is 31.9. The third-order valence-corrected chi connectivity index (χ3v) is 11.9. The molecule has 0 fully saturated rings. The average molecular weight is 751 g/mol. The minimum atomic E-state index is 0.591. The highest BCUT2D eigenvalue weighted by Gasteiger charge is 2.18. The van der Waals surface area contributed by atoms with Crippen molar-refractivity contribution in [1.29, 1.82) is 0 Å². The molecule has 0 aliphatic heterocycles. The average Bonchev–Trinajstić information content (AvgIpc) is 3.66. The summed E-state index contributed by atoms with van der Waals surface area (Å²) in [6.07, 6.45) is 0. The van der Waals surface area contributed by atoms with Gasteiger partial charge >= 0.3 is 0 Å². The molecule has 59 heavy (non-hydrogen) atoms. The van der Waals surface area contributed by atoms with Crippen LogP contribution in [-0.2, 0) is 0 Å². The van der Waals surface area contributed by atoms with Gasteiger partial charge in [-0.2, -0.15) is 9.97 Å². The highest BCUT2D eigenvalue weighted by molar-refractivity contribution is 6.33. The summed E-state index contributed by atoms with van der Waals surface area (Å²) in [5, 5.41) is 12.6. The zero-order valence-corrected chi connectivity index (χ0v) is 31.9. The molecule has 274 valence electrons.